The van der Waals surface area contributed by atoms with Crippen LogP contribution < -0.4 is 22.9 Å². The van der Waals surface area contributed by atoms with Crippen molar-refractivity contribution in [2.45, 2.75) is 0 Å². The number of halogens is 1. The minimum atomic E-state index is -0.0775. The quantitative estimate of drug-likeness (QED) is 0.357. The van der Waals surface area contributed by atoms with Crippen LogP contribution in [0.3, 0.4) is 0 Å². The maximum atomic E-state index is 5.20. The first-order chi connectivity index (χ1) is 11.5. The van der Waals surface area contributed by atoms with E-state index < -0.39 is 0 Å². The van der Waals surface area contributed by atoms with Crippen LogP contribution in [-0.2, 0) is 0 Å². The molecule has 0 fully saturated rings. The average Bonchev–Trinajstić information content (AvgIpc) is 2.56. The highest BCUT2D eigenvalue weighted by Crippen LogP contribution is 2.19. The molecule has 8 nitrogen and oxygen atoms in total. The van der Waals surface area contributed by atoms with E-state index in [2.05, 4.69) is 20.4 Å². The zero-order chi connectivity index (χ0) is 17.4. The lowest BCUT2D eigenvalue weighted by Gasteiger charge is -2.02. The van der Waals surface area contributed by atoms with Gasteiger partial charge in [0.25, 0.3) is 0 Å². The molecule has 0 aliphatic rings. The Bertz CT molecular complexity index is 714. The number of benzene rings is 2. The molecule has 0 spiro atoms. The fraction of sp³-hybridized carbons (Fsp3) is 0. The third kappa shape index (κ3) is 6.71. The molecule has 0 amide bonds. The Balaban J connectivity index is 0.00000312. The number of nitrogens with zero attached hydrogens (tertiary/aromatic N) is 4. The molecule has 0 atom stereocenters. The second-order valence-corrected chi connectivity index (χ2v) is 4.78. The average molecular weight is 359 g/mol. The molecule has 0 saturated heterocycles. The maximum absolute atomic E-state index is 5.20. The Labute approximate surface area is 151 Å². The standard InChI is InChI=1S/C16H18N8.ClH/c17-15(18)23-21-9-11-1-5-13(6-2-11)14-7-3-12(4-8-14)10-22-24-16(19)20;/h1-10H,(H4,17,18,23)(H4,19,20,24);1H/b21-9-,22-10-;. The van der Waals surface area contributed by atoms with Crippen molar-refractivity contribution < 1.29 is 0 Å². The lowest BCUT2D eigenvalue weighted by Crippen LogP contribution is -2.21. The summed E-state index contributed by atoms with van der Waals surface area (Å²) in [7, 11) is 0. The lowest BCUT2D eigenvalue weighted by molar-refractivity contribution is 1.21. The summed E-state index contributed by atoms with van der Waals surface area (Å²) >= 11 is 0. The van der Waals surface area contributed by atoms with Crippen molar-refractivity contribution >= 4 is 36.8 Å². The van der Waals surface area contributed by atoms with Gasteiger partial charge in [0.1, 0.15) is 0 Å². The molecule has 25 heavy (non-hydrogen) atoms. The summed E-state index contributed by atoms with van der Waals surface area (Å²) in [6, 6.07) is 15.6. The van der Waals surface area contributed by atoms with Gasteiger partial charge in [-0.25, -0.2) is 0 Å². The van der Waals surface area contributed by atoms with Crippen LogP contribution in [0.1, 0.15) is 11.1 Å². The third-order valence-electron chi connectivity index (χ3n) is 2.91. The minimum absolute atomic E-state index is 0. The van der Waals surface area contributed by atoms with Gasteiger partial charge in [0.15, 0.2) is 0 Å². The predicted octanol–water partition coefficient (Wildman–Crippen LogP) is 0.990. The van der Waals surface area contributed by atoms with Crippen molar-refractivity contribution in [2.24, 2.45) is 43.3 Å². The molecule has 9 heteroatoms. The Morgan fingerprint density at radius 3 is 1.20 bits per heavy atom. The zero-order valence-corrected chi connectivity index (χ0v) is 14.1. The molecule has 2 aromatic rings. The number of hydrogen-bond acceptors (Lipinski definition) is 4. The van der Waals surface area contributed by atoms with Crippen molar-refractivity contribution in [3.63, 3.8) is 0 Å². The molecule has 130 valence electrons. The molecule has 0 radical (unpaired) electrons. The van der Waals surface area contributed by atoms with E-state index in [1.165, 1.54) is 0 Å². The molecule has 0 heterocycles. The second-order valence-electron chi connectivity index (χ2n) is 4.78. The summed E-state index contributed by atoms with van der Waals surface area (Å²) in [4.78, 5) is 0. The van der Waals surface area contributed by atoms with Gasteiger partial charge in [-0.05, 0) is 22.3 Å². The Morgan fingerprint density at radius 2 is 0.920 bits per heavy atom. The van der Waals surface area contributed by atoms with Crippen molar-refractivity contribution in [2.75, 3.05) is 0 Å². The van der Waals surface area contributed by atoms with E-state index in [0.717, 1.165) is 22.3 Å². The van der Waals surface area contributed by atoms with Crippen LogP contribution in [0.15, 0.2) is 68.9 Å². The number of rotatable bonds is 5. The molecular weight excluding hydrogens is 340 g/mol. The molecule has 0 aromatic heterocycles. The summed E-state index contributed by atoms with van der Waals surface area (Å²) in [5.74, 6) is -0.155. The van der Waals surface area contributed by atoms with Crippen molar-refractivity contribution in [3.05, 3.63) is 59.7 Å². The fourth-order valence-electron chi connectivity index (χ4n) is 1.85. The highest BCUT2D eigenvalue weighted by atomic mass is 35.5. The van der Waals surface area contributed by atoms with Crippen LogP contribution in [0.4, 0.5) is 0 Å². The van der Waals surface area contributed by atoms with E-state index in [-0.39, 0.29) is 24.3 Å². The first-order valence-electron chi connectivity index (χ1n) is 6.99. The smallest absolute Gasteiger partial charge is 0.211 e. The summed E-state index contributed by atoms with van der Waals surface area (Å²) in [6.07, 6.45) is 3.15. The summed E-state index contributed by atoms with van der Waals surface area (Å²) < 4.78 is 0. The van der Waals surface area contributed by atoms with E-state index >= 15 is 0 Å². The van der Waals surface area contributed by atoms with Crippen molar-refractivity contribution in [1.82, 2.24) is 0 Å². The van der Waals surface area contributed by atoms with Gasteiger partial charge in [0.05, 0.1) is 12.4 Å². The maximum Gasteiger partial charge on any atom is 0.211 e. The van der Waals surface area contributed by atoms with Crippen LogP contribution in [-0.4, -0.2) is 24.3 Å². The topological polar surface area (TPSA) is 154 Å². The highest BCUT2D eigenvalue weighted by Gasteiger charge is 1.98. The number of hydrogen-bond donors (Lipinski definition) is 4. The second kappa shape index (κ2) is 9.68. The minimum Gasteiger partial charge on any atom is -0.369 e. The molecule has 0 aliphatic carbocycles. The van der Waals surface area contributed by atoms with E-state index in [1.54, 1.807) is 12.4 Å². The van der Waals surface area contributed by atoms with E-state index in [4.69, 9.17) is 22.9 Å². The predicted molar refractivity (Wildman–Crippen MR) is 106 cm³/mol. The fourth-order valence-corrected chi connectivity index (χ4v) is 1.85. The molecule has 0 aliphatic heterocycles. The van der Waals surface area contributed by atoms with Crippen LogP contribution in [0.5, 0.6) is 0 Å². The molecule has 0 unspecified atom stereocenters. The summed E-state index contributed by atoms with van der Waals surface area (Å²) in [5.41, 5.74) is 24.7. The van der Waals surface area contributed by atoms with Crippen molar-refractivity contribution in [1.29, 1.82) is 0 Å². The van der Waals surface area contributed by atoms with Crippen LogP contribution >= 0.6 is 12.4 Å². The monoisotopic (exact) mass is 358 g/mol. The van der Waals surface area contributed by atoms with Gasteiger partial charge >= 0.3 is 0 Å². The van der Waals surface area contributed by atoms with Gasteiger partial charge in [-0.2, -0.15) is 10.2 Å². The normalized spacial score (nSPS) is 10.4. The molecule has 0 saturated carbocycles. The highest BCUT2D eigenvalue weighted by molar-refractivity contribution is 5.85. The molecule has 2 aromatic carbocycles. The van der Waals surface area contributed by atoms with E-state index in [1.807, 2.05) is 48.5 Å². The van der Waals surface area contributed by atoms with Gasteiger partial charge in [0, 0.05) is 0 Å². The molecule has 8 N–H and O–H groups in total. The molecule has 2 rings (SSSR count). The number of guanidine groups is 2. The van der Waals surface area contributed by atoms with Gasteiger partial charge in [-0.15, -0.1) is 22.6 Å². The van der Waals surface area contributed by atoms with Crippen molar-refractivity contribution in [3.8, 4) is 11.1 Å². The largest absolute Gasteiger partial charge is 0.369 e. The Morgan fingerprint density at radius 1 is 0.600 bits per heavy atom. The third-order valence-corrected chi connectivity index (χ3v) is 2.91. The Hall–Kier alpha value is -3.39. The summed E-state index contributed by atoms with van der Waals surface area (Å²) in [6.45, 7) is 0. The molecule has 0 bridgehead atoms. The SMILES string of the molecule is Cl.NC(N)=N/N=C\c1ccc(-c2ccc(/C=N\N=C(N)N)cc2)cc1. The van der Waals surface area contributed by atoms with Crippen LogP contribution in [0.2, 0.25) is 0 Å². The van der Waals surface area contributed by atoms with E-state index in [9.17, 15) is 0 Å². The van der Waals surface area contributed by atoms with Gasteiger partial charge < -0.3 is 22.9 Å². The van der Waals surface area contributed by atoms with Gasteiger partial charge in [-0.1, -0.05) is 48.5 Å². The molecular formula is C16H19ClN8. The van der Waals surface area contributed by atoms with Gasteiger partial charge in [-0.3, -0.25) is 0 Å². The summed E-state index contributed by atoms with van der Waals surface area (Å²) in [5, 5.41) is 14.6. The first-order valence-corrected chi connectivity index (χ1v) is 6.99. The first kappa shape index (κ1) is 19.7. The van der Waals surface area contributed by atoms with E-state index in [0.29, 0.717) is 0 Å². The van der Waals surface area contributed by atoms with Crippen LogP contribution in [0.25, 0.3) is 11.1 Å². The zero-order valence-electron chi connectivity index (χ0n) is 13.3. The van der Waals surface area contributed by atoms with Crippen LogP contribution in [0, 0.1) is 0 Å². The number of nitrogens with two attached hydrogens (primary N) is 4. The Kier molecular flexibility index (Phi) is 7.61. The van der Waals surface area contributed by atoms with Gasteiger partial charge in [0.2, 0.25) is 11.9 Å². The lowest BCUT2D eigenvalue weighted by atomic mass is 10.0.